The van der Waals surface area contributed by atoms with Gasteiger partial charge < -0.3 is 11.1 Å². The van der Waals surface area contributed by atoms with Crippen molar-refractivity contribution < 1.29 is 4.39 Å². The molecule has 21 heavy (non-hydrogen) atoms. The summed E-state index contributed by atoms with van der Waals surface area (Å²) >= 11 is 5.07. The molecule has 0 aliphatic carbocycles. The van der Waals surface area contributed by atoms with Crippen molar-refractivity contribution in [2.24, 2.45) is 5.10 Å². The van der Waals surface area contributed by atoms with Gasteiger partial charge in [0.15, 0.2) is 5.11 Å². The van der Waals surface area contributed by atoms with E-state index in [-0.39, 0.29) is 10.9 Å². The van der Waals surface area contributed by atoms with Gasteiger partial charge in [-0.2, -0.15) is 5.10 Å². The second kappa shape index (κ2) is 6.81. The number of nitrogens with zero attached hydrogens (tertiary/aromatic N) is 1. The smallest absolute Gasteiger partial charge is 0.191 e. The van der Waals surface area contributed by atoms with Crippen LogP contribution in [0.3, 0.4) is 0 Å². The van der Waals surface area contributed by atoms with Gasteiger partial charge in [-0.25, -0.2) is 4.39 Å². The lowest BCUT2D eigenvalue weighted by Gasteiger charge is -2.09. The summed E-state index contributed by atoms with van der Waals surface area (Å²) in [6, 6.07) is 13.6. The topological polar surface area (TPSA) is 62.4 Å². The standard InChI is InChI=1S/C15H15FN4S/c1-10(11-5-4-6-12(17)9-11)19-20-15(21)18-14-8-3-2-7-13(14)16/h2-9H,17H2,1H3,(H2,18,20,21)/b19-10-. The van der Waals surface area contributed by atoms with Gasteiger partial charge in [-0.3, -0.25) is 5.43 Å². The van der Waals surface area contributed by atoms with Crippen LogP contribution >= 0.6 is 12.2 Å². The van der Waals surface area contributed by atoms with Crippen LogP contribution in [-0.2, 0) is 0 Å². The van der Waals surface area contributed by atoms with Crippen LogP contribution in [0.1, 0.15) is 12.5 Å². The molecular formula is C15H15FN4S. The Hall–Kier alpha value is -2.47. The number of hydrogen-bond acceptors (Lipinski definition) is 3. The number of benzene rings is 2. The lowest BCUT2D eigenvalue weighted by Crippen LogP contribution is -2.25. The number of halogens is 1. The molecule has 0 bridgehead atoms. The molecule has 0 spiro atoms. The highest BCUT2D eigenvalue weighted by Gasteiger charge is 2.03. The highest BCUT2D eigenvalue weighted by atomic mass is 32.1. The maximum atomic E-state index is 13.5. The van der Waals surface area contributed by atoms with Crippen LogP contribution in [0.25, 0.3) is 0 Å². The lowest BCUT2D eigenvalue weighted by molar-refractivity contribution is 0.632. The van der Waals surface area contributed by atoms with Crippen LogP contribution in [0.15, 0.2) is 53.6 Å². The molecule has 0 fully saturated rings. The summed E-state index contributed by atoms with van der Waals surface area (Å²) < 4.78 is 13.5. The van der Waals surface area contributed by atoms with Gasteiger partial charge in [0.05, 0.1) is 11.4 Å². The Morgan fingerprint density at radius 1 is 1.19 bits per heavy atom. The van der Waals surface area contributed by atoms with Crippen LogP contribution in [-0.4, -0.2) is 10.8 Å². The normalized spacial score (nSPS) is 11.0. The molecule has 0 aromatic heterocycles. The van der Waals surface area contributed by atoms with Crippen molar-refractivity contribution in [3.63, 3.8) is 0 Å². The van der Waals surface area contributed by atoms with Gasteiger partial charge in [-0.15, -0.1) is 0 Å². The summed E-state index contributed by atoms with van der Waals surface area (Å²) in [6.07, 6.45) is 0. The molecule has 108 valence electrons. The number of thiocarbonyl (C=S) groups is 1. The number of rotatable bonds is 3. The minimum atomic E-state index is -0.377. The second-order valence-electron chi connectivity index (χ2n) is 4.37. The summed E-state index contributed by atoms with van der Waals surface area (Å²) in [5.74, 6) is -0.377. The fraction of sp³-hybridized carbons (Fsp3) is 0.0667. The molecule has 2 rings (SSSR count). The molecule has 0 aliphatic heterocycles. The molecule has 0 saturated carbocycles. The molecule has 0 amide bonds. The molecule has 2 aromatic carbocycles. The first kappa shape index (κ1) is 14.9. The Kier molecular flexibility index (Phi) is 4.84. The van der Waals surface area contributed by atoms with Gasteiger partial charge in [0.1, 0.15) is 5.82 Å². The Bertz CT molecular complexity index is 685. The number of nitrogens with two attached hydrogens (primary N) is 1. The van der Waals surface area contributed by atoms with Gasteiger partial charge in [0.25, 0.3) is 0 Å². The number of anilines is 2. The van der Waals surface area contributed by atoms with E-state index in [2.05, 4.69) is 15.8 Å². The molecule has 0 heterocycles. The second-order valence-corrected chi connectivity index (χ2v) is 4.78. The predicted molar refractivity (Wildman–Crippen MR) is 88.8 cm³/mol. The maximum absolute atomic E-state index is 13.5. The van der Waals surface area contributed by atoms with Gasteiger partial charge >= 0.3 is 0 Å². The third-order valence-corrected chi connectivity index (χ3v) is 2.94. The van der Waals surface area contributed by atoms with Crippen LogP contribution in [0, 0.1) is 5.82 Å². The lowest BCUT2D eigenvalue weighted by atomic mass is 10.1. The fourth-order valence-corrected chi connectivity index (χ4v) is 1.83. The number of nitrogens with one attached hydrogen (secondary N) is 2. The molecule has 0 unspecified atom stereocenters. The maximum Gasteiger partial charge on any atom is 0.191 e. The molecule has 2 aromatic rings. The van der Waals surface area contributed by atoms with Gasteiger partial charge in [-0.1, -0.05) is 24.3 Å². The van der Waals surface area contributed by atoms with E-state index < -0.39 is 0 Å². The number of hydrazone groups is 1. The van der Waals surface area contributed by atoms with Gasteiger partial charge in [0.2, 0.25) is 0 Å². The largest absolute Gasteiger partial charge is 0.399 e. The fourth-order valence-electron chi connectivity index (χ4n) is 1.68. The third-order valence-electron chi connectivity index (χ3n) is 2.75. The first-order chi connectivity index (χ1) is 10.1. The summed E-state index contributed by atoms with van der Waals surface area (Å²) in [6.45, 7) is 1.83. The summed E-state index contributed by atoms with van der Waals surface area (Å²) in [4.78, 5) is 0. The van der Waals surface area contributed by atoms with Crippen LogP contribution in [0.2, 0.25) is 0 Å². The van der Waals surface area contributed by atoms with Crippen molar-refractivity contribution in [2.75, 3.05) is 11.1 Å². The van der Waals surface area contributed by atoms with E-state index >= 15 is 0 Å². The average molecular weight is 302 g/mol. The Morgan fingerprint density at radius 2 is 1.95 bits per heavy atom. The first-order valence-electron chi connectivity index (χ1n) is 6.28. The van der Waals surface area contributed by atoms with E-state index in [1.807, 2.05) is 25.1 Å². The van der Waals surface area contributed by atoms with Crippen LogP contribution in [0.4, 0.5) is 15.8 Å². The van der Waals surface area contributed by atoms with Crippen molar-refractivity contribution in [3.8, 4) is 0 Å². The summed E-state index contributed by atoms with van der Waals surface area (Å²) in [5, 5.41) is 7.10. The minimum absolute atomic E-state index is 0.211. The SMILES string of the molecule is C/C(=N/NC(=S)Nc1ccccc1F)c1cccc(N)c1. The van der Waals surface area contributed by atoms with E-state index in [1.54, 1.807) is 24.3 Å². The molecule has 0 saturated heterocycles. The number of nitrogen functional groups attached to an aromatic ring is 1. The van der Waals surface area contributed by atoms with Gasteiger partial charge in [0, 0.05) is 5.69 Å². The minimum Gasteiger partial charge on any atom is -0.399 e. The van der Waals surface area contributed by atoms with E-state index in [9.17, 15) is 4.39 Å². The Balaban J connectivity index is 2.00. The molecule has 4 N–H and O–H groups in total. The molecule has 0 radical (unpaired) electrons. The highest BCUT2D eigenvalue weighted by Crippen LogP contribution is 2.12. The van der Waals surface area contributed by atoms with Crippen molar-refractivity contribution in [1.82, 2.24) is 5.43 Å². The van der Waals surface area contributed by atoms with Crippen molar-refractivity contribution >= 4 is 34.4 Å². The van der Waals surface area contributed by atoms with E-state index in [1.165, 1.54) is 6.07 Å². The van der Waals surface area contributed by atoms with Crippen molar-refractivity contribution in [1.29, 1.82) is 0 Å². The predicted octanol–water partition coefficient (Wildman–Crippen LogP) is 3.12. The zero-order chi connectivity index (χ0) is 15.2. The highest BCUT2D eigenvalue weighted by molar-refractivity contribution is 7.80. The van der Waals surface area contributed by atoms with Crippen LogP contribution in [0.5, 0.6) is 0 Å². The Morgan fingerprint density at radius 3 is 2.67 bits per heavy atom. The molecule has 0 aliphatic rings. The molecule has 6 heteroatoms. The van der Waals surface area contributed by atoms with E-state index in [4.69, 9.17) is 18.0 Å². The van der Waals surface area contributed by atoms with Crippen LogP contribution < -0.4 is 16.5 Å². The Labute approximate surface area is 127 Å². The quantitative estimate of drug-likeness (QED) is 0.353. The molecular weight excluding hydrogens is 287 g/mol. The summed E-state index contributed by atoms with van der Waals surface area (Å²) in [7, 11) is 0. The number of para-hydroxylation sites is 1. The van der Waals surface area contributed by atoms with E-state index in [0.717, 1.165) is 11.3 Å². The third kappa shape index (κ3) is 4.25. The zero-order valence-electron chi connectivity index (χ0n) is 11.4. The summed E-state index contributed by atoms with van der Waals surface area (Å²) in [5.41, 5.74) is 11.0. The zero-order valence-corrected chi connectivity index (χ0v) is 12.2. The molecule has 0 atom stereocenters. The van der Waals surface area contributed by atoms with Crippen molar-refractivity contribution in [2.45, 2.75) is 6.92 Å². The van der Waals surface area contributed by atoms with Crippen molar-refractivity contribution in [3.05, 3.63) is 59.9 Å². The van der Waals surface area contributed by atoms with Gasteiger partial charge in [-0.05, 0) is 49.0 Å². The first-order valence-corrected chi connectivity index (χ1v) is 6.69. The average Bonchev–Trinajstić information content (AvgIpc) is 2.47. The van der Waals surface area contributed by atoms with E-state index in [0.29, 0.717) is 11.4 Å². The number of hydrogen-bond donors (Lipinski definition) is 3. The monoisotopic (exact) mass is 302 g/mol. The molecule has 4 nitrogen and oxygen atoms in total.